The number of phenolic OH excluding ortho intramolecular Hbond substituents is 1. The van der Waals surface area contributed by atoms with Gasteiger partial charge in [-0.1, -0.05) is 23.8 Å². The van der Waals surface area contributed by atoms with Gasteiger partial charge in [0.1, 0.15) is 5.75 Å². The summed E-state index contributed by atoms with van der Waals surface area (Å²) < 4.78 is 0. The fraction of sp³-hybridized carbons (Fsp3) is 0.368. The highest BCUT2D eigenvalue weighted by Gasteiger charge is 2.22. The Morgan fingerprint density at radius 1 is 1.12 bits per heavy atom. The lowest BCUT2D eigenvalue weighted by atomic mass is 9.95. The molecule has 1 heterocycles. The lowest BCUT2D eigenvalue weighted by Crippen LogP contribution is -2.45. The average molecular weight is 369 g/mol. The Morgan fingerprint density at radius 3 is 2.42 bits per heavy atom. The van der Waals surface area contributed by atoms with Crippen LogP contribution in [0.5, 0.6) is 5.75 Å². The molecular weight excluding hydrogens is 343 g/mol. The maximum atomic E-state index is 9.60. The van der Waals surface area contributed by atoms with E-state index >= 15 is 0 Å². The number of benzene rings is 2. The van der Waals surface area contributed by atoms with Gasteiger partial charge in [0.15, 0.2) is 0 Å². The third-order valence-corrected chi connectivity index (χ3v) is 4.37. The van der Waals surface area contributed by atoms with Gasteiger partial charge in [-0.3, -0.25) is 4.90 Å². The Kier molecular flexibility index (Phi) is 8.04. The fourth-order valence-electron chi connectivity index (χ4n) is 3.24. The van der Waals surface area contributed by atoms with Crippen molar-refractivity contribution in [2.45, 2.75) is 19.4 Å². The standard InChI is InChI=1S/C19H24N2O.2ClH/c1-14(2)11-19(21-9-7-20-8-10-21)17-4-3-16-13-18(22)6-5-15(16)12-17;;/h3-6,12-13,19-20,22H,1,7-11H2,2H3;2*1H/t19-;;/m0../s1. The summed E-state index contributed by atoms with van der Waals surface area (Å²) in [5.41, 5.74) is 2.55. The van der Waals surface area contributed by atoms with Crippen molar-refractivity contribution < 1.29 is 5.11 Å². The van der Waals surface area contributed by atoms with E-state index in [0.29, 0.717) is 11.8 Å². The number of rotatable bonds is 4. The number of halogens is 2. The molecule has 2 N–H and O–H groups in total. The van der Waals surface area contributed by atoms with Gasteiger partial charge in [-0.15, -0.1) is 31.4 Å². The molecule has 0 aliphatic carbocycles. The molecule has 0 aromatic heterocycles. The molecule has 1 saturated heterocycles. The second-order valence-electron chi connectivity index (χ2n) is 6.25. The molecule has 2 aromatic rings. The number of aromatic hydroxyl groups is 1. The van der Waals surface area contributed by atoms with Crippen LogP contribution in [0.1, 0.15) is 24.9 Å². The molecule has 2 aromatic carbocycles. The maximum absolute atomic E-state index is 9.60. The van der Waals surface area contributed by atoms with Crippen LogP contribution in [0.3, 0.4) is 0 Å². The number of nitrogens with zero attached hydrogens (tertiary/aromatic N) is 1. The Hall–Kier alpha value is -1.26. The molecule has 0 saturated carbocycles. The van der Waals surface area contributed by atoms with E-state index in [1.165, 1.54) is 16.5 Å². The van der Waals surface area contributed by atoms with Crippen LogP contribution in [-0.4, -0.2) is 36.2 Å². The average Bonchev–Trinajstić information content (AvgIpc) is 2.53. The molecule has 0 unspecified atom stereocenters. The van der Waals surface area contributed by atoms with E-state index in [9.17, 15) is 5.11 Å². The van der Waals surface area contributed by atoms with Crippen LogP contribution < -0.4 is 5.32 Å². The maximum Gasteiger partial charge on any atom is 0.116 e. The largest absolute Gasteiger partial charge is 0.508 e. The summed E-state index contributed by atoms with van der Waals surface area (Å²) in [7, 11) is 0. The molecule has 1 atom stereocenters. The van der Waals surface area contributed by atoms with Crippen molar-refractivity contribution in [2.75, 3.05) is 26.2 Å². The Labute approximate surface area is 156 Å². The summed E-state index contributed by atoms with van der Waals surface area (Å²) in [6.45, 7) is 10.5. The monoisotopic (exact) mass is 368 g/mol. The van der Waals surface area contributed by atoms with Gasteiger partial charge in [0.2, 0.25) is 0 Å². The highest BCUT2D eigenvalue weighted by Crippen LogP contribution is 2.30. The van der Waals surface area contributed by atoms with Crippen molar-refractivity contribution in [3.63, 3.8) is 0 Å². The Morgan fingerprint density at radius 2 is 1.75 bits per heavy atom. The van der Waals surface area contributed by atoms with E-state index in [0.717, 1.165) is 38.0 Å². The predicted molar refractivity (Wildman–Crippen MR) is 107 cm³/mol. The highest BCUT2D eigenvalue weighted by molar-refractivity contribution is 5.86. The third kappa shape index (κ3) is 4.87. The number of phenols is 1. The smallest absolute Gasteiger partial charge is 0.116 e. The number of fused-ring (bicyclic) bond motifs is 1. The molecule has 0 bridgehead atoms. The molecule has 5 heteroatoms. The first-order valence-electron chi connectivity index (χ1n) is 7.95. The van der Waals surface area contributed by atoms with Crippen LogP contribution in [0, 0.1) is 0 Å². The zero-order valence-corrected chi connectivity index (χ0v) is 15.6. The van der Waals surface area contributed by atoms with Crippen LogP contribution in [0.2, 0.25) is 0 Å². The van der Waals surface area contributed by atoms with E-state index in [1.807, 2.05) is 12.1 Å². The lowest BCUT2D eigenvalue weighted by Gasteiger charge is -2.35. The summed E-state index contributed by atoms with van der Waals surface area (Å²) in [6, 6.07) is 12.5. The van der Waals surface area contributed by atoms with Crippen molar-refractivity contribution in [1.29, 1.82) is 0 Å². The van der Waals surface area contributed by atoms with Gasteiger partial charge in [0.05, 0.1) is 0 Å². The van der Waals surface area contributed by atoms with Crippen molar-refractivity contribution in [3.05, 3.63) is 54.1 Å². The quantitative estimate of drug-likeness (QED) is 0.789. The normalized spacial score (nSPS) is 16.0. The van der Waals surface area contributed by atoms with Gasteiger partial charge in [0, 0.05) is 32.2 Å². The van der Waals surface area contributed by atoms with E-state index in [4.69, 9.17) is 0 Å². The number of hydrogen-bond acceptors (Lipinski definition) is 3. The molecule has 1 fully saturated rings. The van der Waals surface area contributed by atoms with Crippen LogP contribution in [0.25, 0.3) is 10.8 Å². The third-order valence-electron chi connectivity index (χ3n) is 4.37. The summed E-state index contributed by atoms with van der Waals surface area (Å²) in [4.78, 5) is 2.55. The van der Waals surface area contributed by atoms with Crippen molar-refractivity contribution >= 4 is 35.6 Å². The molecule has 1 aliphatic heterocycles. The number of piperazine rings is 1. The zero-order valence-electron chi connectivity index (χ0n) is 14.0. The van der Waals surface area contributed by atoms with Gasteiger partial charge in [0.25, 0.3) is 0 Å². The van der Waals surface area contributed by atoms with Crippen molar-refractivity contribution in [3.8, 4) is 5.75 Å². The van der Waals surface area contributed by atoms with Crippen LogP contribution in [-0.2, 0) is 0 Å². The predicted octanol–water partition coefficient (Wildman–Crippen LogP) is 4.30. The van der Waals surface area contributed by atoms with Gasteiger partial charge in [-0.05, 0) is 47.9 Å². The SMILES string of the molecule is C=C(C)C[C@@H](c1ccc2cc(O)ccc2c1)N1CCNCC1.Cl.Cl. The summed E-state index contributed by atoms with van der Waals surface area (Å²) in [6.07, 6.45) is 0.990. The minimum absolute atomic E-state index is 0. The molecule has 132 valence electrons. The van der Waals surface area contributed by atoms with Gasteiger partial charge in [-0.2, -0.15) is 0 Å². The molecule has 0 amide bonds. The van der Waals surface area contributed by atoms with Crippen molar-refractivity contribution in [2.24, 2.45) is 0 Å². The Bertz CT molecular complexity index is 684. The molecule has 1 aliphatic rings. The summed E-state index contributed by atoms with van der Waals surface area (Å²) in [5, 5.41) is 15.3. The molecule has 0 radical (unpaired) electrons. The topological polar surface area (TPSA) is 35.5 Å². The van der Waals surface area contributed by atoms with E-state index in [2.05, 4.69) is 41.9 Å². The minimum Gasteiger partial charge on any atom is -0.508 e. The van der Waals surface area contributed by atoms with E-state index in [1.54, 1.807) is 6.07 Å². The molecule has 24 heavy (non-hydrogen) atoms. The van der Waals surface area contributed by atoms with Gasteiger partial charge in [-0.25, -0.2) is 0 Å². The number of hydrogen-bond donors (Lipinski definition) is 2. The van der Waals surface area contributed by atoms with E-state index < -0.39 is 0 Å². The number of nitrogens with one attached hydrogen (secondary N) is 1. The van der Waals surface area contributed by atoms with Gasteiger partial charge >= 0.3 is 0 Å². The fourth-order valence-corrected chi connectivity index (χ4v) is 3.24. The molecule has 0 spiro atoms. The first-order valence-corrected chi connectivity index (χ1v) is 7.95. The van der Waals surface area contributed by atoms with Crippen LogP contribution in [0.15, 0.2) is 48.6 Å². The summed E-state index contributed by atoms with van der Waals surface area (Å²) >= 11 is 0. The molecule has 3 nitrogen and oxygen atoms in total. The summed E-state index contributed by atoms with van der Waals surface area (Å²) in [5.74, 6) is 0.320. The van der Waals surface area contributed by atoms with Gasteiger partial charge < -0.3 is 10.4 Å². The highest BCUT2D eigenvalue weighted by atomic mass is 35.5. The zero-order chi connectivity index (χ0) is 15.5. The Balaban J connectivity index is 0.00000144. The first kappa shape index (κ1) is 20.8. The van der Waals surface area contributed by atoms with Crippen LogP contribution in [0.4, 0.5) is 0 Å². The minimum atomic E-state index is 0. The van der Waals surface area contributed by atoms with E-state index in [-0.39, 0.29) is 24.8 Å². The van der Waals surface area contributed by atoms with Crippen molar-refractivity contribution in [1.82, 2.24) is 10.2 Å². The second-order valence-corrected chi connectivity index (χ2v) is 6.25. The van der Waals surface area contributed by atoms with Crippen LogP contribution >= 0.6 is 24.8 Å². The second kappa shape index (κ2) is 9.28. The molecule has 3 rings (SSSR count). The first-order chi connectivity index (χ1) is 10.6. The molecular formula is C19H26Cl2N2O. The lowest BCUT2D eigenvalue weighted by molar-refractivity contribution is 0.172.